The molecule has 0 aliphatic carbocycles. The van der Waals surface area contributed by atoms with Gasteiger partial charge in [-0.2, -0.15) is 0 Å². The fourth-order valence-corrected chi connectivity index (χ4v) is 3.01. The van der Waals surface area contributed by atoms with E-state index in [0.717, 1.165) is 17.8 Å². The summed E-state index contributed by atoms with van der Waals surface area (Å²) < 4.78 is 26.7. The van der Waals surface area contributed by atoms with Gasteiger partial charge in [0, 0.05) is 16.9 Å². The van der Waals surface area contributed by atoms with Crippen molar-refractivity contribution in [3.63, 3.8) is 0 Å². The number of hydrogen-bond donors (Lipinski definition) is 1. The second-order valence-electron chi connectivity index (χ2n) is 4.35. The Morgan fingerprint density at radius 2 is 2.14 bits per heavy atom. The van der Waals surface area contributed by atoms with Gasteiger partial charge in [-0.05, 0) is 6.07 Å². The predicted molar refractivity (Wildman–Crippen MR) is 75.3 cm³/mol. The van der Waals surface area contributed by atoms with Crippen molar-refractivity contribution in [2.45, 2.75) is 17.3 Å². The van der Waals surface area contributed by atoms with Crippen LogP contribution in [0.1, 0.15) is 11.1 Å². The molecule has 4 nitrogen and oxygen atoms in total. The molecule has 2 heterocycles. The molecule has 2 aromatic rings. The van der Waals surface area contributed by atoms with Crippen molar-refractivity contribution in [3.05, 3.63) is 46.1 Å². The van der Waals surface area contributed by atoms with E-state index in [0.29, 0.717) is 16.5 Å². The number of carbonyl (C=O) groups excluding carboxylic acids is 1. The van der Waals surface area contributed by atoms with E-state index < -0.39 is 11.6 Å². The summed E-state index contributed by atoms with van der Waals surface area (Å²) in [5.74, 6) is -1.44. The van der Waals surface area contributed by atoms with E-state index in [9.17, 15) is 13.6 Å². The van der Waals surface area contributed by atoms with Crippen LogP contribution >= 0.6 is 23.4 Å². The molecule has 108 valence electrons. The highest BCUT2D eigenvalue weighted by atomic mass is 35.5. The Balaban J connectivity index is 1.80. The summed E-state index contributed by atoms with van der Waals surface area (Å²) in [5, 5.41) is 3.07. The molecule has 1 amide bonds. The van der Waals surface area contributed by atoms with Crippen molar-refractivity contribution in [1.82, 2.24) is 9.97 Å². The third-order valence-electron chi connectivity index (χ3n) is 2.92. The third-order valence-corrected chi connectivity index (χ3v) is 4.13. The van der Waals surface area contributed by atoms with Gasteiger partial charge in [-0.3, -0.25) is 4.79 Å². The number of anilines is 1. The summed E-state index contributed by atoms with van der Waals surface area (Å²) in [7, 11) is 0. The average Bonchev–Trinajstić information content (AvgIpc) is 2.81. The number of rotatable bonds is 3. The second kappa shape index (κ2) is 5.57. The molecule has 0 saturated heterocycles. The van der Waals surface area contributed by atoms with Gasteiger partial charge in [0.15, 0.2) is 16.8 Å². The van der Waals surface area contributed by atoms with Gasteiger partial charge in [-0.1, -0.05) is 35.5 Å². The van der Waals surface area contributed by atoms with Gasteiger partial charge < -0.3 is 5.32 Å². The van der Waals surface area contributed by atoms with Crippen LogP contribution < -0.4 is 5.32 Å². The minimum atomic E-state index is -0.895. The van der Waals surface area contributed by atoms with E-state index >= 15 is 0 Å². The Kier molecular flexibility index (Phi) is 3.77. The number of carbonyl (C=O) groups is 1. The standard InChI is InChI=1S/C13H8ClF2N3OS/c14-11-7-4-9(20)17-12(7)19-13(18-11)21-5-6-2-1-3-8(15)10(6)16/h1-3H,4-5H2,(H,17,18,19,20). The highest BCUT2D eigenvalue weighted by Crippen LogP contribution is 2.30. The van der Waals surface area contributed by atoms with Crippen LogP contribution in [-0.4, -0.2) is 15.9 Å². The lowest BCUT2D eigenvalue weighted by Crippen LogP contribution is -2.04. The first-order valence-electron chi connectivity index (χ1n) is 5.96. The zero-order chi connectivity index (χ0) is 15.0. The van der Waals surface area contributed by atoms with Crippen molar-refractivity contribution in [2.75, 3.05) is 5.32 Å². The molecule has 1 aliphatic rings. The van der Waals surface area contributed by atoms with Crippen molar-refractivity contribution < 1.29 is 13.6 Å². The van der Waals surface area contributed by atoms with Crippen molar-refractivity contribution in [1.29, 1.82) is 0 Å². The summed E-state index contributed by atoms with van der Waals surface area (Å²) >= 11 is 7.10. The van der Waals surface area contributed by atoms with Crippen LogP contribution in [0.5, 0.6) is 0 Å². The summed E-state index contributed by atoms with van der Waals surface area (Å²) in [4.78, 5) is 19.5. The number of benzene rings is 1. The van der Waals surface area contributed by atoms with Gasteiger partial charge in [0.1, 0.15) is 11.0 Å². The molecule has 0 bridgehead atoms. The summed E-state index contributed by atoms with van der Waals surface area (Å²) in [6, 6.07) is 3.98. The van der Waals surface area contributed by atoms with Crippen molar-refractivity contribution >= 4 is 35.1 Å². The fraction of sp³-hybridized carbons (Fsp3) is 0.154. The maximum Gasteiger partial charge on any atom is 0.230 e. The molecule has 21 heavy (non-hydrogen) atoms. The van der Waals surface area contributed by atoms with E-state index in [-0.39, 0.29) is 28.8 Å². The topological polar surface area (TPSA) is 54.9 Å². The van der Waals surface area contributed by atoms with Crippen LogP contribution in [-0.2, 0) is 17.0 Å². The highest BCUT2D eigenvalue weighted by Gasteiger charge is 2.24. The molecule has 0 spiro atoms. The molecule has 1 aromatic heterocycles. The predicted octanol–water partition coefficient (Wildman–Crippen LogP) is 3.20. The normalized spacial score (nSPS) is 13.2. The minimum absolute atomic E-state index is 0.150. The number of nitrogens with one attached hydrogen (secondary N) is 1. The molecule has 0 fully saturated rings. The van der Waals surface area contributed by atoms with Gasteiger partial charge in [0.25, 0.3) is 0 Å². The van der Waals surface area contributed by atoms with Crippen molar-refractivity contribution in [3.8, 4) is 0 Å². The number of thioether (sulfide) groups is 1. The zero-order valence-corrected chi connectivity index (χ0v) is 12.1. The van der Waals surface area contributed by atoms with E-state index in [1.807, 2.05) is 0 Å². The SMILES string of the molecule is O=C1Cc2c(Cl)nc(SCc3cccc(F)c3F)nc2N1. The maximum atomic E-state index is 13.5. The lowest BCUT2D eigenvalue weighted by molar-refractivity contribution is -0.115. The Bertz CT molecular complexity index is 742. The molecule has 3 rings (SSSR count). The van der Waals surface area contributed by atoms with Gasteiger partial charge in [0.05, 0.1) is 6.42 Å². The second-order valence-corrected chi connectivity index (χ2v) is 5.65. The monoisotopic (exact) mass is 327 g/mol. The van der Waals surface area contributed by atoms with Gasteiger partial charge in [-0.15, -0.1) is 0 Å². The fourth-order valence-electron chi connectivity index (χ4n) is 1.90. The van der Waals surface area contributed by atoms with Gasteiger partial charge in [0.2, 0.25) is 5.91 Å². The summed E-state index contributed by atoms with van der Waals surface area (Å²) in [5.41, 5.74) is 0.771. The number of amides is 1. The van der Waals surface area contributed by atoms with Crippen LogP contribution in [0.2, 0.25) is 5.15 Å². The minimum Gasteiger partial charge on any atom is -0.310 e. The molecule has 0 atom stereocenters. The molecular formula is C13H8ClF2N3OS. The molecule has 1 N–H and O–H groups in total. The van der Waals surface area contributed by atoms with Crippen LogP contribution in [0.15, 0.2) is 23.4 Å². The highest BCUT2D eigenvalue weighted by molar-refractivity contribution is 7.98. The molecular weight excluding hydrogens is 320 g/mol. The Morgan fingerprint density at radius 3 is 2.95 bits per heavy atom. The summed E-state index contributed by atoms with van der Waals surface area (Å²) in [6.45, 7) is 0. The Hall–Kier alpha value is -1.73. The van der Waals surface area contributed by atoms with Crippen molar-refractivity contribution in [2.24, 2.45) is 0 Å². The third kappa shape index (κ3) is 2.84. The number of hydrogen-bond acceptors (Lipinski definition) is 4. The van der Waals surface area contributed by atoms with E-state index in [4.69, 9.17) is 11.6 Å². The molecule has 0 unspecified atom stereocenters. The van der Waals surface area contributed by atoms with Gasteiger partial charge in [-0.25, -0.2) is 18.7 Å². The molecule has 0 saturated carbocycles. The maximum absolute atomic E-state index is 13.5. The zero-order valence-electron chi connectivity index (χ0n) is 10.5. The first-order valence-corrected chi connectivity index (χ1v) is 7.33. The van der Waals surface area contributed by atoms with E-state index in [2.05, 4.69) is 15.3 Å². The quantitative estimate of drug-likeness (QED) is 0.534. The lowest BCUT2D eigenvalue weighted by atomic mass is 10.2. The molecule has 1 aromatic carbocycles. The molecule has 8 heteroatoms. The smallest absolute Gasteiger partial charge is 0.230 e. The van der Waals surface area contributed by atoms with E-state index in [1.165, 1.54) is 12.1 Å². The van der Waals surface area contributed by atoms with E-state index in [1.54, 1.807) is 0 Å². The average molecular weight is 328 g/mol. The van der Waals surface area contributed by atoms with Crippen LogP contribution in [0, 0.1) is 11.6 Å². The number of halogens is 3. The number of fused-ring (bicyclic) bond motifs is 1. The van der Waals surface area contributed by atoms with Crippen LogP contribution in [0.4, 0.5) is 14.6 Å². The van der Waals surface area contributed by atoms with Crippen LogP contribution in [0.25, 0.3) is 0 Å². The Morgan fingerprint density at radius 1 is 1.33 bits per heavy atom. The first-order chi connectivity index (χ1) is 10.0. The number of nitrogens with zero attached hydrogens (tertiary/aromatic N) is 2. The largest absolute Gasteiger partial charge is 0.310 e. The first kappa shape index (κ1) is 14.2. The summed E-state index contributed by atoms with van der Waals surface area (Å²) in [6.07, 6.45) is 0.150. The molecule has 1 aliphatic heterocycles. The lowest BCUT2D eigenvalue weighted by Gasteiger charge is -2.05. The van der Waals surface area contributed by atoms with Crippen LogP contribution in [0.3, 0.4) is 0 Å². The van der Waals surface area contributed by atoms with Gasteiger partial charge >= 0.3 is 0 Å². The number of aromatic nitrogens is 2. The Labute approximate surface area is 127 Å². The molecule has 0 radical (unpaired) electrons.